The second-order valence-corrected chi connectivity index (χ2v) is 7.05. The third-order valence-electron chi connectivity index (χ3n) is 3.59. The lowest BCUT2D eigenvalue weighted by atomic mass is 9.89. The summed E-state index contributed by atoms with van der Waals surface area (Å²) in [6.45, 7) is 2.09. The van der Waals surface area contributed by atoms with Crippen molar-refractivity contribution in [2.75, 3.05) is 6.54 Å². The van der Waals surface area contributed by atoms with Crippen LogP contribution in [-0.4, -0.2) is 18.8 Å². The summed E-state index contributed by atoms with van der Waals surface area (Å²) in [5, 5.41) is 5.75. The molecule has 0 amide bonds. The molecule has 2 aliphatic rings. The van der Waals surface area contributed by atoms with E-state index in [9.17, 15) is 0 Å². The largest absolute Gasteiger partial charge is 0.375 e. The highest BCUT2D eigenvalue weighted by molar-refractivity contribution is 9.11. The number of nitrogens with one attached hydrogen (secondary N) is 1. The maximum absolute atomic E-state index is 5.85. The third kappa shape index (κ3) is 2.35. The van der Waals surface area contributed by atoms with Gasteiger partial charge in [-0.3, -0.25) is 0 Å². The van der Waals surface area contributed by atoms with Crippen LogP contribution < -0.4 is 5.32 Å². The van der Waals surface area contributed by atoms with Gasteiger partial charge in [-0.25, -0.2) is 0 Å². The Kier molecular flexibility index (Phi) is 3.34. The number of thiophene rings is 1. The zero-order valence-corrected chi connectivity index (χ0v) is 11.5. The second kappa shape index (κ2) is 4.77. The Labute approximate surface area is 109 Å². The van der Waals surface area contributed by atoms with Crippen LogP contribution in [0, 0.1) is 5.92 Å². The normalized spacial score (nSPS) is 32.4. The molecule has 1 N–H and O–H groups in total. The van der Waals surface area contributed by atoms with E-state index in [0.717, 1.165) is 19.0 Å². The lowest BCUT2D eigenvalue weighted by molar-refractivity contribution is 0.0924. The standard InChI is InChI=1S/C12H16BrNOS/c13-12-3-8(7-16-12)5-14-6-9-4-10-1-2-11(9)15-10/h3,7,9-11,14H,1-2,4-6H2. The second-order valence-electron chi connectivity index (χ2n) is 4.76. The van der Waals surface area contributed by atoms with Crippen LogP contribution in [0.2, 0.25) is 0 Å². The Morgan fingerprint density at radius 1 is 1.50 bits per heavy atom. The fourth-order valence-electron chi connectivity index (χ4n) is 2.80. The number of halogens is 1. The Hall–Kier alpha value is 0.1000. The molecule has 2 nitrogen and oxygen atoms in total. The van der Waals surface area contributed by atoms with E-state index in [1.165, 1.54) is 28.6 Å². The number of ether oxygens (including phenoxy) is 1. The van der Waals surface area contributed by atoms with Crippen molar-refractivity contribution >= 4 is 27.3 Å². The first-order valence-electron chi connectivity index (χ1n) is 5.90. The van der Waals surface area contributed by atoms with Gasteiger partial charge >= 0.3 is 0 Å². The summed E-state index contributed by atoms with van der Waals surface area (Å²) in [7, 11) is 0. The van der Waals surface area contributed by atoms with Crippen molar-refractivity contribution in [1.82, 2.24) is 5.32 Å². The van der Waals surface area contributed by atoms with Crippen LogP contribution >= 0.6 is 27.3 Å². The van der Waals surface area contributed by atoms with E-state index in [4.69, 9.17) is 4.74 Å². The Bertz CT molecular complexity index is 368. The van der Waals surface area contributed by atoms with Crippen molar-refractivity contribution in [3.8, 4) is 0 Å². The highest BCUT2D eigenvalue weighted by atomic mass is 79.9. The van der Waals surface area contributed by atoms with Gasteiger partial charge in [-0.05, 0) is 52.2 Å². The van der Waals surface area contributed by atoms with Gasteiger partial charge in [-0.2, -0.15) is 0 Å². The molecule has 0 radical (unpaired) electrons. The predicted octanol–water partition coefficient (Wildman–Crippen LogP) is 3.17. The number of rotatable bonds is 4. The molecule has 3 rings (SSSR count). The van der Waals surface area contributed by atoms with E-state index in [1.54, 1.807) is 11.3 Å². The summed E-state index contributed by atoms with van der Waals surface area (Å²) in [6.07, 6.45) is 4.96. The molecular formula is C12H16BrNOS. The Morgan fingerprint density at radius 2 is 2.44 bits per heavy atom. The van der Waals surface area contributed by atoms with Crippen LogP contribution in [0.15, 0.2) is 15.2 Å². The van der Waals surface area contributed by atoms with Gasteiger partial charge in [0.2, 0.25) is 0 Å². The summed E-state index contributed by atoms with van der Waals surface area (Å²) >= 11 is 5.24. The van der Waals surface area contributed by atoms with Crippen LogP contribution in [0.5, 0.6) is 0 Å². The average molecular weight is 302 g/mol. The summed E-state index contributed by atoms with van der Waals surface area (Å²) in [5.41, 5.74) is 1.38. The summed E-state index contributed by atoms with van der Waals surface area (Å²) in [5.74, 6) is 0.751. The Balaban J connectivity index is 1.44. The molecule has 2 fully saturated rings. The number of fused-ring (bicyclic) bond motifs is 2. The zero-order valence-electron chi connectivity index (χ0n) is 9.12. The van der Waals surface area contributed by atoms with Gasteiger partial charge in [0, 0.05) is 19.0 Å². The first kappa shape index (κ1) is 11.2. The third-order valence-corrected chi connectivity index (χ3v) is 5.14. The molecule has 2 aliphatic heterocycles. The molecule has 1 aromatic heterocycles. The molecule has 4 heteroatoms. The number of hydrogen-bond acceptors (Lipinski definition) is 3. The van der Waals surface area contributed by atoms with Gasteiger partial charge in [0.15, 0.2) is 0 Å². The molecule has 16 heavy (non-hydrogen) atoms. The molecule has 3 unspecified atom stereocenters. The summed E-state index contributed by atoms with van der Waals surface area (Å²) in [6, 6.07) is 2.19. The van der Waals surface area contributed by atoms with E-state index in [1.807, 2.05) is 0 Å². The monoisotopic (exact) mass is 301 g/mol. The van der Waals surface area contributed by atoms with Gasteiger partial charge in [-0.15, -0.1) is 11.3 Å². The molecule has 3 atom stereocenters. The molecular weight excluding hydrogens is 286 g/mol. The van der Waals surface area contributed by atoms with Gasteiger partial charge in [0.1, 0.15) is 0 Å². The van der Waals surface area contributed by atoms with Crippen LogP contribution in [0.25, 0.3) is 0 Å². The van der Waals surface area contributed by atoms with Crippen molar-refractivity contribution in [1.29, 1.82) is 0 Å². The zero-order chi connectivity index (χ0) is 11.0. The highest BCUT2D eigenvalue weighted by Crippen LogP contribution is 2.38. The van der Waals surface area contributed by atoms with Crippen molar-refractivity contribution in [2.24, 2.45) is 5.92 Å². The van der Waals surface area contributed by atoms with Crippen molar-refractivity contribution < 1.29 is 4.74 Å². The molecule has 3 heterocycles. The predicted molar refractivity (Wildman–Crippen MR) is 69.7 cm³/mol. The van der Waals surface area contributed by atoms with Gasteiger partial charge < -0.3 is 10.1 Å². The minimum absolute atomic E-state index is 0.548. The Morgan fingerprint density at radius 3 is 3.06 bits per heavy atom. The van der Waals surface area contributed by atoms with E-state index in [2.05, 4.69) is 32.7 Å². The van der Waals surface area contributed by atoms with E-state index in [-0.39, 0.29) is 0 Å². The van der Waals surface area contributed by atoms with Gasteiger partial charge in [0.05, 0.1) is 16.0 Å². The van der Waals surface area contributed by atoms with E-state index < -0.39 is 0 Å². The van der Waals surface area contributed by atoms with Gasteiger partial charge in [0.25, 0.3) is 0 Å². The van der Waals surface area contributed by atoms with Crippen LogP contribution in [0.4, 0.5) is 0 Å². The first-order chi connectivity index (χ1) is 7.81. The molecule has 2 saturated heterocycles. The minimum Gasteiger partial charge on any atom is -0.375 e. The van der Waals surface area contributed by atoms with Crippen LogP contribution in [0.3, 0.4) is 0 Å². The summed E-state index contributed by atoms with van der Waals surface area (Å²) < 4.78 is 7.06. The molecule has 1 aromatic rings. The van der Waals surface area contributed by atoms with E-state index >= 15 is 0 Å². The fourth-order valence-corrected chi connectivity index (χ4v) is 4.01. The highest BCUT2D eigenvalue weighted by Gasteiger charge is 2.40. The maximum Gasteiger partial charge on any atom is 0.0701 e. The topological polar surface area (TPSA) is 21.3 Å². The first-order valence-corrected chi connectivity index (χ1v) is 7.57. The quantitative estimate of drug-likeness (QED) is 0.922. The van der Waals surface area contributed by atoms with Crippen molar-refractivity contribution in [3.05, 3.63) is 20.8 Å². The molecule has 2 bridgehead atoms. The fraction of sp³-hybridized carbons (Fsp3) is 0.667. The minimum atomic E-state index is 0.548. The molecule has 0 saturated carbocycles. The lowest BCUT2D eigenvalue weighted by Gasteiger charge is -2.18. The van der Waals surface area contributed by atoms with E-state index in [0.29, 0.717) is 12.2 Å². The summed E-state index contributed by atoms with van der Waals surface area (Å²) in [4.78, 5) is 0. The lowest BCUT2D eigenvalue weighted by Crippen LogP contribution is -2.29. The maximum atomic E-state index is 5.85. The average Bonchev–Trinajstić information content (AvgIpc) is 2.94. The SMILES string of the molecule is Brc1cc(CNCC2CC3CCC2O3)cs1. The van der Waals surface area contributed by atoms with Crippen LogP contribution in [0.1, 0.15) is 24.8 Å². The van der Waals surface area contributed by atoms with Crippen LogP contribution in [-0.2, 0) is 11.3 Å². The molecule has 0 spiro atoms. The van der Waals surface area contributed by atoms with Crippen molar-refractivity contribution in [2.45, 2.75) is 38.0 Å². The van der Waals surface area contributed by atoms with Gasteiger partial charge in [-0.1, -0.05) is 0 Å². The molecule has 0 aliphatic carbocycles. The molecule has 0 aromatic carbocycles. The molecule has 88 valence electrons. The number of hydrogen-bond donors (Lipinski definition) is 1. The van der Waals surface area contributed by atoms with Crippen molar-refractivity contribution in [3.63, 3.8) is 0 Å². The smallest absolute Gasteiger partial charge is 0.0701 e.